The van der Waals surface area contributed by atoms with Crippen LogP contribution in [0.3, 0.4) is 0 Å². The first-order valence-corrected chi connectivity index (χ1v) is 11.4. The molecule has 0 unspecified atom stereocenters. The van der Waals surface area contributed by atoms with Gasteiger partial charge in [-0.05, 0) is 73.1 Å². The number of halogens is 1. The molecule has 1 fully saturated rings. The lowest BCUT2D eigenvalue weighted by Gasteiger charge is -2.13. The Labute approximate surface area is 200 Å². The molecule has 2 aromatic carbocycles. The largest absolute Gasteiger partial charge is 0.465 e. The van der Waals surface area contributed by atoms with Crippen molar-refractivity contribution in [2.45, 2.75) is 20.4 Å². The van der Waals surface area contributed by atoms with E-state index in [9.17, 15) is 14.4 Å². The molecule has 8 heteroatoms. The minimum Gasteiger partial charge on any atom is -0.465 e. The Kier molecular flexibility index (Phi) is 6.44. The van der Waals surface area contributed by atoms with Crippen molar-refractivity contribution in [2.24, 2.45) is 0 Å². The molecule has 1 aliphatic rings. The van der Waals surface area contributed by atoms with Gasteiger partial charge < -0.3 is 9.30 Å². The van der Waals surface area contributed by atoms with Crippen LogP contribution in [0.25, 0.3) is 11.8 Å². The van der Waals surface area contributed by atoms with Crippen molar-refractivity contribution in [1.29, 1.82) is 0 Å². The van der Waals surface area contributed by atoms with Gasteiger partial charge in [0.15, 0.2) is 0 Å². The number of rotatable bonds is 5. The number of aryl methyl sites for hydroxylation is 1. The Morgan fingerprint density at radius 2 is 1.79 bits per heavy atom. The van der Waals surface area contributed by atoms with Crippen molar-refractivity contribution < 1.29 is 19.1 Å². The van der Waals surface area contributed by atoms with Gasteiger partial charge in [0, 0.05) is 16.4 Å². The zero-order valence-corrected chi connectivity index (χ0v) is 19.9. The van der Waals surface area contributed by atoms with E-state index in [1.165, 1.54) is 12.0 Å². The highest BCUT2D eigenvalue weighted by Crippen LogP contribution is 2.35. The normalized spacial score (nSPS) is 14.9. The van der Waals surface area contributed by atoms with Gasteiger partial charge in [0.2, 0.25) is 0 Å². The van der Waals surface area contributed by atoms with E-state index in [1.807, 2.05) is 36.6 Å². The highest BCUT2D eigenvalue weighted by molar-refractivity contribution is 8.18. The van der Waals surface area contributed by atoms with Gasteiger partial charge in [0.05, 0.1) is 29.8 Å². The smallest absolute Gasteiger partial charge is 0.339 e. The van der Waals surface area contributed by atoms with E-state index in [1.54, 1.807) is 42.5 Å². The lowest BCUT2D eigenvalue weighted by Crippen LogP contribution is -2.27. The van der Waals surface area contributed by atoms with Crippen LogP contribution in [0.15, 0.2) is 59.5 Å². The first-order chi connectivity index (χ1) is 15.8. The molecule has 2 amide bonds. The zero-order chi connectivity index (χ0) is 23.7. The van der Waals surface area contributed by atoms with Crippen molar-refractivity contribution in [3.63, 3.8) is 0 Å². The summed E-state index contributed by atoms with van der Waals surface area (Å²) in [5, 5.41) is 0.281. The number of amides is 2. The van der Waals surface area contributed by atoms with Crippen LogP contribution in [-0.4, -0.2) is 33.7 Å². The number of imide groups is 1. The molecule has 6 nitrogen and oxygen atoms in total. The highest BCUT2D eigenvalue weighted by Gasteiger charge is 2.35. The van der Waals surface area contributed by atoms with Gasteiger partial charge in [-0.3, -0.25) is 14.5 Å². The molecule has 4 rings (SSSR count). The van der Waals surface area contributed by atoms with Crippen LogP contribution in [0.4, 0.5) is 4.79 Å². The van der Waals surface area contributed by atoms with E-state index in [0.717, 1.165) is 34.3 Å². The molecule has 0 atom stereocenters. The molecule has 3 aromatic rings. The average Bonchev–Trinajstić information content (AvgIpc) is 3.23. The number of carbonyl (C=O) groups is 3. The third kappa shape index (κ3) is 4.47. The van der Waals surface area contributed by atoms with E-state index in [2.05, 4.69) is 0 Å². The number of nitrogens with zero attached hydrogens (tertiary/aromatic N) is 2. The third-order valence-corrected chi connectivity index (χ3v) is 6.59. The maximum atomic E-state index is 13.0. The number of methoxy groups -OCH3 is 1. The summed E-state index contributed by atoms with van der Waals surface area (Å²) in [6.07, 6.45) is 1.73. The molecular formula is C25H21ClN2O4S. The standard InChI is InChI=1S/C25H21ClN2O4S/c1-15-12-18(16(2)28(15)21-7-5-4-6-20(21)24(30)32-3)13-22-23(29)27(25(31)33-22)14-17-8-10-19(26)11-9-17/h4-13H,14H2,1-3H3/b22-13-. The molecule has 0 bridgehead atoms. The van der Waals surface area contributed by atoms with Crippen molar-refractivity contribution in [1.82, 2.24) is 9.47 Å². The number of esters is 1. The van der Waals surface area contributed by atoms with Gasteiger partial charge in [-0.15, -0.1) is 0 Å². The van der Waals surface area contributed by atoms with Crippen LogP contribution < -0.4 is 0 Å². The van der Waals surface area contributed by atoms with Crippen molar-refractivity contribution >= 4 is 46.6 Å². The number of para-hydroxylation sites is 1. The maximum Gasteiger partial charge on any atom is 0.339 e. The topological polar surface area (TPSA) is 68.6 Å². The van der Waals surface area contributed by atoms with E-state index in [0.29, 0.717) is 21.2 Å². The second-order valence-corrected chi connectivity index (χ2v) is 8.99. The second-order valence-electron chi connectivity index (χ2n) is 7.56. The third-order valence-electron chi connectivity index (χ3n) is 5.43. The van der Waals surface area contributed by atoms with Gasteiger partial charge in [-0.25, -0.2) is 4.79 Å². The lowest BCUT2D eigenvalue weighted by molar-refractivity contribution is -0.123. The molecule has 0 N–H and O–H groups in total. The van der Waals surface area contributed by atoms with E-state index < -0.39 is 5.97 Å². The summed E-state index contributed by atoms with van der Waals surface area (Å²) in [5.41, 5.74) is 4.47. The number of thioether (sulfide) groups is 1. The summed E-state index contributed by atoms with van der Waals surface area (Å²) in [5.74, 6) is -0.761. The average molecular weight is 481 g/mol. The van der Waals surface area contributed by atoms with E-state index >= 15 is 0 Å². The molecule has 1 aliphatic heterocycles. The van der Waals surface area contributed by atoms with Crippen LogP contribution >= 0.6 is 23.4 Å². The van der Waals surface area contributed by atoms with Crippen LogP contribution in [0.2, 0.25) is 5.02 Å². The molecule has 1 aromatic heterocycles. The van der Waals surface area contributed by atoms with E-state index in [-0.39, 0.29) is 17.7 Å². The van der Waals surface area contributed by atoms with Crippen molar-refractivity contribution in [2.75, 3.05) is 7.11 Å². The van der Waals surface area contributed by atoms with Crippen LogP contribution in [0.5, 0.6) is 0 Å². The molecule has 0 saturated carbocycles. The first kappa shape index (κ1) is 22.9. The summed E-state index contributed by atoms with van der Waals surface area (Å²) in [6.45, 7) is 4.01. The van der Waals surface area contributed by atoms with Crippen LogP contribution in [0, 0.1) is 13.8 Å². The van der Waals surface area contributed by atoms with Crippen molar-refractivity contribution in [3.05, 3.63) is 92.6 Å². The fraction of sp³-hybridized carbons (Fsp3) is 0.160. The number of hydrogen-bond donors (Lipinski definition) is 0. The monoisotopic (exact) mass is 480 g/mol. The van der Waals surface area contributed by atoms with Crippen LogP contribution in [0.1, 0.15) is 32.9 Å². The predicted octanol–water partition coefficient (Wildman–Crippen LogP) is 5.77. The highest BCUT2D eigenvalue weighted by atomic mass is 35.5. The summed E-state index contributed by atoms with van der Waals surface area (Å²) < 4.78 is 6.86. The number of carbonyl (C=O) groups excluding carboxylic acids is 3. The predicted molar refractivity (Wildman–Crippen MR) is 130 cm³/mol. The molecule has 1 saturated heterocycles. The minimum absolute atomic E-state index is 0.185. The number of benzene rings is 2. The molecule has 0 aliphatic carbocycles. The fourth-order valence-electron chi connectivity index (χ4n) is 3.81. The van der Waals surface area contributed by atoms with Gasteiger partial charge in [-0.1, -0.05) is 35.9 Å². The minimum atomic E-state index is -0.428. The zero-order valence-electron chi connectivity index (χ0n) is 18.3. The maximum absolute atomic E-state index is 13.0. The van der Waals surface area contributed by atoms with Gasteiger partial charge in [0.25, 0.3) is 11.1 Å². The summed E-state index contributed by atoms with van der Waals surface area (Å²) in [4.78, 5) is 39.3. The Hall–Kier alpha value is -3.29. The summed E-state index contributed by atoms with van der Waals surface area (Å²) in [6, 6.07) is 16.2. The molecule has 0 radical (unpaired) electrons. The Morgan fingerprint density at radius 3 is 2.48 bits per heavy atom. The Bertz CT molecular complexity index is 1290. The summed E-state index contributed by atoms with van der Waals surface area (Å²) in [7, 11) is 1.35. The second kappa shape index (κ2) is 9.29. The molecule has 33 heavy (non-hydrogen) atoms. The molecule has 2 heterocycles. The quantitative estimate of drug-likeness (QED) is 0.342. The molecule has 168 valence electrons. The van der Waals surface area contributed by atoms with Gasteiger partial charge >= 0.3 is 5.97 Å². The lowest BCUT2D eigenvalue weighted by atomic mass is 10.1. The summed E-state index contributed by atoms with van der Waals surface area (Å²) >= 11 is 6.84. The van der Waals surface area contributed by atoms with Crippen molar-refractivity contribution in [3.8, 4) is 5.69 Å². The SMILES string of the molecule is COC(=O)c1ccccc1-n1c(C)cc(/C=C2\SC(=O)N(Cc3ccc(Cl)cc3)C2=O)c1C. The first-order valence-electron chi connectivity index (χ1n) is 10.2. The van der Waals surface area contributed by atoms with Gasteiger partial charge in [0.1, 0.15) is 0 Å². The van der Waals surface area contributed by atoms with E-state index in [4.69, 9.17) is 16.3 Å². The van der Waals surface area contributed by atoms with Gasteiger partial charge in [-0.2, -0.15) is 0 Å². The molecular weight excluding hydrogens is 460 g/mol. The number of ether oxygens (including phenoxy) is 1. The number of aromatic nitrogens is 1. The Balaban J connectivity index is 1.66. The van der Waals surface area contributed by atoms with Crippen LogP contribution in [-0.2, 0) is 16.1 Å². The fourth-order valence-corrected chi connectivity index (χ4v) is 4.76. The Morgan fingerprint density at radius 1 is 1.09 bits per heavy atom. The number of hydrogen-bond acceptors (Lipinski definition) is 5. The molecule has 0 spiro atoms.